The van der Waals surface area contributed by atoms with Gasteiger partial charge in [0, 0.05) is 44.3 Å². The van der Waals surface area contributed by atoms with Crippen LogP contribution in [0, 0.1) is 6.92 Å². The van der Waals surface area contributed by atoms with E-state index in [1.807, 2.05) is 0 Å². The lowest BCUT2D eigenvalue weighted by molar-refractivity contribution is 0.0898. The Morgan fingerprint density at radius 1 is 1.19 bits per heavy atom. The van der Waals surface area contributed by atoms with E-state index in [9.17, 15) is 4.79 Å². The lowest BCUT2D eigenvalue weighted by Gasteiger charge is -2.35. The second-order valence-corrected chi connectivity index (χ2v) is 8.01. The first-order valence-electron chi connectivity index (χ1n) is 9.64. The number of carbonyl (C=O) groups is 1. The molecule has 4 rings (SSSR count). The van der Waals surface area contributed by atoms with Crippen LogP contribution in [-0.2, 0) is 12.5 Å². The fourth-order valence-electron chi connectivity index (χ4n) is 4.12. The van der Waals surface area contributed by atoms with Crippen LogP contribution >= 0.6 is 0 Å². The van der Waals surface area contributed by atoms with Gasteiger partial charge in [-0.1, -0.05) is 29.8 Å². The first-order chi connectivity index (χ1) is 12.6. The van der Waals surface area contributed by atoms with Crippen molar-refractivity contribution in [3.05, 3.63) is 53.3 Å². The number of rotatable bonds is 5. The van der Waals surface area contributed by atoms with Gasteiger partial charge < -0.3 is 10.2 Å². The van der Waals surface area contributed by atoms with Gasteiger partial charge in [0.05, 0.1) is 0 Å². The van der Waals surface area contributed by atoms with Gasteiger partial charge in [-0.3, -0.25) is 9.48 Å². The molecule has 1 amide bonds. The number of nitrogens with one attached hydrogen (secondary N) is 1. The summed E-state index contributed by atoms with van der Waals surface area (Å²) < 4.78 is 1.63. The zero-order chi connectivity index (χ0) is 18.1. The molecule has 2 heterocycles. The van der Waals surface area contributed by atoms with Gasteiger partial charge >= 0.3 is 0 Å². The number of carbonyl (C=O) groups excluding carboxylic acids is 1. The first-order valence-corrected chi connectivity index (χ1v) is 9.64. The molecule has 1 aromatic carbocycles. The van der Waals surface area contributed by atoms with E-state index in [1.165, 1.54) is 24.0 Å². The summed E-state index contributed by atoms with van der Waals surface area (Å²) in [6.45, 7) is 5.42. The molecule has 0 unspecified atom stereocenters. The Kier molecular flexibility index (Phi) is 4.57. The van der Waals surface area contributed by atoms with Crippen molar-refractivity contribution >= 4 is 5.91 Å². The third kappa shape index (κ3) is 3.54. The summed E-state index contributed by atoms with van der Waals surface area (Å²) in [5.41, 5.74) is 3.83. The normalized spacial score (nSPS) is 20.1. The van der Waals surface area contributed by atoms with Crippen LogP contribution in [0.3, 0.4) is 0 Å². The SMILES string of the molecule is Cc1ccc(C2(CN3CCC(NC(=O)c4ccnn4C)CC3)CC2)cc1. The molecule has 2 aliphatic rings. The number of piperidine rings is 1. The number of benzene rings is 1. The Balaban J connectivity index is 1.29. The molecular formula is C21H28N4O. The Hall–Kier alpha value is -2.14. The number of amides is 1. The molecule has 1 aliphatic carbocycles. The first kappa shape index (κ1) is 17.3. The molecule has 5 heteroatoms. The largest absolute Gasteiger partial charge is 0.348 e. The Morgan fingerprint density at radius 2 is 1.88 bits per heavy atom. The van der Waals surface area contributed by atoms with Crippen LogP contribution in [0.4, 0.5) is 0 Å². The van der Waals surface area contributed by atoms with E-state index in [4.69, 9.17) is 0 Å². The van der Waals surface area contributed by atoms with Crippen LogP contribution in [0.15, 0.2) is 36.5 Å². The fourth-order valence-corrected chi connectivity index (χ4v) is 4.12. The Labute approximate surface area is 155 Å². The molecule has 1 aliphatic heterocycles. The molecule has 1 saturated heterocycles. The molecule has 0 radical (unpaired) electrons. The van der Waals surface area contributed by atoms with Crippen molar-refractivity contribution in [3.63, 3.8) is 0 Å². The summed E-state index contributed by atoms with van der Waals surface area (Å²) in [7, 11) is 1.80. The van der Waals surface area contributed by atoms with Gasteiger partial charge in [-0.25, -0.2) is 0 Å². The van der Waals surface area contributed by atoms with E-state index in [1.54, 1.807) is 24.0 Å². The van der Waals surface area contributed by atoms with E-state index < -0.39 is 0 Å². The smallest absolute Gasteiger partial charge is 0.269 e. The number of nitrogens with zero attached hydrogens (tertiary/aromatic N) is 3. The third-order valence-electron chi connectivity index (χ3n) is 6.02. The molecule has 0 atom stereocenters. The Morgan fingerprint density at radius 3 is 2.46 bits per heavy atom. The molecule has 1 N–H and O–H groups in total. The minimum Gasteiger partial charge on any atom is -0.348 e. The maximum absolute atomic E-state index is 12.3. The highest BCUT2D eigenvalue weighted by Crippen LogP contribution is 2.49. The van der Waals surface area contributed by atoms with E-state index in [2.05, 4.69) is 46.5 Å². The van der Waals surface area contributed by atoms with Gasteiger partial charge in [0.25, 0.3) is 5.91 Å². The second-order valence-electron chi connectivity index (χ2n) is 8.01. The van der Waals surface area contributed by atoms with Gasteiger partial charge in [-0.05, 0) is 44.2 Å². The van der Waals surface area contributed by atoms with E-state index in [-0.39, 0.29) is 11.9 Å². The summed E-state index contributed by atoms with van der Waals surface area (Å²) in [5.74, 6) is -0.0123. The van der Waals surface area contributed by atoms with Crippen molar-refractivity contribution in [1.82, 2.24) is 20.0 Å². The minimum absolute atomic E-state index is 0.0123. The van der Waals surface area contributed by atoms with Crippen molar-refractivity contribution in [1.29, 1.82) is 0 Å². The number of hydrogen-bond acceptors (Lipinski definition) is 3. The molecule has 1 saturated carbocycles. The standard InChI is InChI=1S/C21H28N4O/c1-16-3-5-17(6-4-16)21(10-11-21)15-25-13-8-18(9-14-25)23-20(26)19-7-12-22-24(19)2/h3-7,12,18H,8-11,13-15H2,1-2H3,(H,23,26). The highest BCUT2D eigenvalue weighted by molar-refractivity contribution is 5.92. The van der Waals surface area contributed by atoms with E-state index in [0.29, 0.717) is 11.1 Å². The summed E-state index contributed by atoms with van der Waals surface area (Å²) in [4.78, 5) is 14.9. The zero-order valence-corrected chi connectivity index (χ0v) is 15.7. The number of aromatic nitrogens is 2. The molecule has 2 fully saturated rings. The summed E-state index contributed by atoms with van der Waals surface area (Å²) in [5, 5.41) is 7.24. The molecule has 2 aromatic rings. The van der Waals surface area contributed by atoms with Crippen molar-refractivity contribution in [2.45, 2.75) is 44.1 Å². The lowest BCUT2D eigenvalue weighted by Crippen LogP contribution is -2.46. The third-order valence-corrected chi connectivity index (χ3v) is 6.02. The van der Waals surface area contributed by atoms with Gasteiger partial charge in [0.15, 0.2) is 0 Å². The average molecular weight is 352 g/mol. The molecule has 138 valence electrons. The van der Waals surface area contributed by atoms with Crippen molar-refractivity contribution in [2.75, 3.05) is 19.6 Å². The van der Waals surface area contributed by atoms with Crippen molar-refractivity contribution in [2.24, 2.45) is 7.05 Å². The van der Waals surface area contributed by atoms with Crippen molar-refractivity contribution < 1.29 is 4.79 Å². The lowest BCUT2D eigenvalue weighted by atomic mass is 9.93. The monoisotopic (exact) mass is 352 g/mol. The maximum atomic E-state index is 12.3. The molecule has 5 nitrogen and oxygen atoms in total. The van der Waals surface area contributed by atoms with Gasteiger partial charge in [0.1, 0.15) is 5.69 Å². The average Bonchev–Trinajstić information content (AvgIpc) is 3.28. The van der Waals surface area contributed by atoms with Crippen LogP contribution < -0.4 is 5.32 Å². The number of hydrogen-bond donors (Lipinski definition) is 1. The molecule has 26 heavy (non-hydrogen) atoms. The summed E-state index contributed by atoms with van der Waals surface area (Å²) in [6, 6.07) is 11.1. The number of likely N-dealkylation sites (tertiary alicyclic amines) is 1. The number of aryl methyl sites for hydroxylation is 2. The topological polar surface area (TPSA) is 50.2 Å². The van der Waals surface area contributed by atoms with Crippen LogP contribution in [-0.4, -0.2) is 46.3 Å². The van der Waals surface area contributed by atoms with Crippen LogP contribution in [0.2, 0.25) is 0 Å². The fraction of sp³-hybridized carbons (Fsp3) is 0.524. The van der Waals surface area contributed by atoms with Gasteiger partial charge in [-0.15, -0.1) is 0 Å². The predicted octanol–water partition coefficient (Wildman–Crippen LogP) is 2.65. The highest BCUT2D eigenvalue weighted by Gasteiger charge is 2.45. The van der Waals surface area contributed by atoms with Crippen LogP contribution in [0.25, 0.3) is 0 Å². The summed E-state index contributed by atoms with van der Waals surface area (Å²) >= 11 is 0. The van der Waals surface area contributed by atoms with Crippen LogP contribution in [0.5, 0.6) is 0 Å². The van der Waals surface area contributed by atoms with Gasteiger partial charge in [0.2, 0.25) is 0 Å². The molecular weight excluding hydrogens is 324 g/mol. The zero-order valence-electron chi connectivity index (χ0n) is 15.7. The van der Waals surface area contributed by atoms with Gasteiger partial charge in [-0.2, -0.15) is 5.10 Å². The summed E-state index contributed by atoms with van der Waals surface area (Å²) in [6.07, 6.45) is 6.30. The Bertz CT molecular complexity index is 768. The van der Waals surface area contributed by atoms with Crippen LogP contribution in [0.1, 0.15) is 47.3 Å². The predicted molar refractivity (Wildman–Crippen MR) is 102 cm³/mol. The second kappa shape index (κ2) is 6.88. The highest BCUT2D eigenvalue weighted by atomic mass is 16.2. The van der Waals surface area contributed by atoms with Crippen molar-refractivity contribution in [3.8, 4) is 0 Å². The minimum atomic E-state index is -0.0123. The molecule has 0 bridgehead atoms. The maximum Gasteiger partial charge on any atom is 0.269 e. The van der Waals surface area contributed by atoms with E-state index >= 15 is 0 Å². The molecule has 0 spiro atoms. The molecule has 1 aromatic heterocycles. The van der Waals surface area contributed by atoms with E-state index in [0.717, 1.165) is 32.5 Å². The quantitative estimate of drug-likeness (QED) is 0.900.